The van der Waals surface area contributed by atoms with Gasteiger partial charge in [-0.15, -0.1) is 11.3 Å². The average molecular weight is 330 g/mol. The lowest BCUT2D eigenvalue weighted by Gasteiger charge is -2.38. The molecule has 6 heteroatoms. The number of likely N-dealkylation sites (N-methyl/N-ethyl adjacent to an activating group) is 1. The first-order valence-corrected chi connectivity index (χ1v) is 8.33. The van der Waals surface area contributed by atoms with Gasteiger partial charge in [-0.1, -0.05) is 12.1 Å². The first kappa shape index (κ1) is 15.6. The molecule has 2 aromatic rings. The number of piperidine rings is 1. The van der Waals surface area contributed by atoms with Crippen molar-refractivity contribution in [2.45, 2.75) is 24.9 Å². The van der Waals surface area contributed by atoms with Crippen molar-refractivity contribution in [3.05, 3.63) is 52.2 Å². The number of nitrogens with one attached hydrogen (secondary N) is 1. The van der Waals surface area contributed by atoms with Gasteiger partial charge >= 0.3 is 0 Å². The third kappa shape index (κ3) is 3.22. The zero-order valence-electron chi connectivity index (χ0n) is 12.7. The van der Waals surface area contributed by atoms with Crippen molar-refractivity contribution in [2.75, 3.05) is 7.05 Å². The van der Waals surface area contributed by atoms with E-state index < -0.39 is 0 Å². The summed E-state index contributed by atoms with van der Waals surface area (Å²) in [6, 6.07) is 9.89. The van der Waals surface area contributed by atoms with Crippen molar-refractivity contribution in [1.82, 2.24) is 10.2 Å². The monoisotopic (exact) mass is 330 g/mol. The lowest BCUT2D eigenvalue weighted by molar-refractivity contribution is -0.135. The molecule has 1 aromatic carbocycles. The topological polar surface area (TPSA) is 69.6 Å². The highest BCUT2D eigenvalue weighted by molar-refractivity contribution is 7.10. The number of carbonyl (C=O) groups excluding carboxylic acids is 2. The van der Waals surface area contributed by atoms with Gasteiger partial charge in [0.15, 0.2) is 0 Å². The fourth-order valence-electron chi connectivity index (χ4n) is 2.94. The molecule has 1 saturated heterocycles. The number of hydrogen-bond donors (Lipinski definition) is 2. The molecule has 3 rings (SSSR count). The first-order chi connectivity index (χ1) is 11.1. The van der Waals surface area contributed by atoms with Crippen LogP contribution in [0.4, 0.5) is 0 Å². The average Bonchev–Trinajstić information content (AvgIpc) is 3.05. The van der Waals surface area contributed by atoms with Crippen LogP contribution >= 0.6 is 11.3 Å². The van der Waals surface area contributed by atoms with Gasteiger partial charge in [-0.05, 0) is 36.1 Å². The number of aromatic hydroxyl groups is 1. The van der Waals surface area contributed by atoms with Gasteiger partial charge in [0.05, 0.1) is 12.1 Å². The molecule has 1 aromatic heterocycles. The van der Waals surface area contributed by atoms with Crippen molar-refractivity contribution < 1.29 is 14.7 Å². The van der Waals surface area contributed by atoms with Crippen LogP contribution < -0.4 is 5.32 Å². The molecule has 120 valence electrons. The van der Waals surface area contributed by atoms with Crippen LogP contribution in [0.3, 0.4) is 0 Å². The third-order valence-corrected chi connectivity index (χ3v) is 5.06. The second-order valence-corrected chi connectivity index (χ2v) is 6.61. The van der Waals surface area contributed by atoms with E-state index in [0.29, 0.717) is 18.4 Å². The molecule has 0 unspecified atom stereocenters. The number of likely N-dealkylation sites (tertiary alicyclic amines) is 1. The lowest BCUT2D eigenvalue weighted by atomic mass is 9.94. The summed E-state index contributed by atoms with van der Waals surface area (Å²) >= 11 is 1.58. The molecule has 2 amide bonds. The van der Waals surface area contributed by atoms with Crippen LogP contribution in [0.1, 0.15) is 34.1 Å². The highest BCUT2D eigenvalue weighted by Gasteiger charge is 2.36. The van der Waals surface area contributed by atoms with Crippen LogP contribution in [0.5, 0.6) is 5.75 Å². The molecule has 1 aliphatic heterocycles. The summed E-state index contributed by atoms with van der Waals surface area (Å²) < 4.78 is 0. The minimum absolute atomic E-state index is 0.0587. The molecule has 1 fully saturated rings. The predicted molar refractivity (Wildman–Crippen MR) is 88.4 cm³/mol. The van der Waals surface area contributed by atoms with Crippen molar-refractivity contribution >= 4 is 23.2 Å². The normalized spacial score (nSPS) is 21.3. The summed E-state index contributed by atoms with van der Waals surface area (Å²) in [7, 11) is 1.78. The summed E-state index contributed by atoms with van der Waals surface area (Å²) in [4.78, 5) is 27.2. The van der Waals surface area contributed by atoms with E-state index in [4.69, 9.17) is 0 Å². The molecule has 5 nitrogen and oxygen atoms in total. The molecule has 2 atom stereocenters. The molecule has 0 bridgehead atoms. The largest absolute Gasteiger partial charge is 0.508 e. The molecule has 0 spiro atoms. The Hall–Kier alpha value is -2.34. The van der Waals surface area contributed by atoms with Crippen LogP contribution in [0.25, 0.3) is 0 Å². The molecule has 2 N–H and O–H groups in total. The Morgan fingerprint density at radius 2 is 2.17 bits per heavy atom. The van der Waals surface area contributed by atoms with Gasteiger partial charge in [-0.3, -0.25) is 9.59 Å². The maximum atomic E-state index is 12.4. The molecular weight excluding hydrogens is 312 g/mol. The zero-order valence-corrected chi connectivity index (χ0v) is 13.5. The van der Waals surface area contributed by atoms with Crippen LogP contribution in [0.2, 0.25) is 0 Å². The van der Waals surface area contributed by atoms with Gasteiger partial charge < -0.3 is 15.3 Å². The summed E-state index contributed by atoms with van der Waals surface area (Å²) in [5.74, 6) is -0.0927. The third-order valence-electron chi connectivity index (χ3n) is 4.12. The maximum absolute atomic E-state index is 12.4. The Morgan fingerprint density at radius 1 is 1.35 bits per heavy atom. The molecular formula is C17H18N2O3S. The molecule has 0 radical (unpaired) electrons. The minimum Gasteiger partial charge on any atom is -0.508 e. The first-order valence-electron chi connectivity index (χ1n) is 7.45. The van der Waals surface area contributed by atoms with Gasteiger partial charge in [-0.25, -0.2) is 0 Å². The van der Waals surface area contributed by atoms with E-state index in [0.717, 1.165) is 4.88 Å². The summed E-state index contributed by atoms with van der Waals surface area (Å²) in [6.45, 7) is 0. The number of rotatable bonds is 3. The number of carbonyl (C=O) groups is 2. The quantitative estimate of drug-likeness (QED) is 0.909. The van der Waals surface area contributed by atoms with E-state index in [2.05, 4.69) is 5.32 Å². The number of thiophene rings is 1. The van der Waals surface area contributed by atoms with Crippen LogP contribution in [-0.2, 0) is 4.79 Å². The fraction of sp³-hybridized carbons (Fsp3) is 0.294. The van der Waals surface area contributed by atoms with Crippen molar-refractivity contribution in [1.29, 1.82) is 0 Å². The smallest absolute Gasteiger partial charge is 0.251 e. The molecule has 0 aliphatic carbocycles. The Kier molecular flexibility index (Phi) is 4.34. The van der Waals surface area contributed by atoms with E-state index >= 15 is 0 Å². The number of phenols is 1. The highest BCUT2D eigenvalue weighted by Crippen LogP contribution is 2.33. The number of nitrogens with zero attached hydrogens (tertiary/aromatic N) is 1. The molecule has 2 heterocycles. The summed E-state index contributed by atoms with van der Waals surface area (Å²) in [6.07, 6.45) is 1.03. The number of amides is 2. The summed E-state index contributed by atoms with van der Waals surface area (Å²) in [5, 5.41) is 14.5. The lowest BCUT2D eigenvalue weighted by Crippen LogP contribution is -2.50. The Morgan fingerprint density at radius 3 is 2.87 bits per heavy atom. The number of hydrogen-bond acceptors (Lipinski definition) is 4. The predicted octanol–water partition coefficient (Wildman–Crippen LogP) is 2.55. The van der Waals surface area contributed by atoms with Crippen molar-refractivity contribution in [2.24, 2.45) is 0 Å². The van der Waals surface area contributed by atoms with Gasteiger partial charge in [0.25, 0.3) is 5.91 Å². The van der Waals surface area contributed by atoms with Crippen LogP contribution in [0, 0.1) is 0 Å². The van der Waals surface area contributed by atoms with Crippen molar-refractivity contribution in [3.63, 3.8) is 0 Å². The Labute approximate surface area is 138 Å². The standard InChI is InChI=1S/C17H18N2O3S/c1-19-15(21)8-7-13(16(19)14-6-3-9-23-14)18-17(22)11-4-2-5-12(20)10-11/h2-6,9-10,13,16,20H,7-8H2,1H3,(H,18,22)/t13-,16+/m1/s1. The van der Waals surface area contributed by atoms with Crippen LogP contribution in [0.15, 0.2) is 41.8 Å². The van der Waals surface area contributed by atoms with Gasteiger partial charge in [-0.2, -0.15) is 0 Å². The molecule has 0 saturated carbocycles. The fourth-order valence-corrected chi connectivity index (χ4v) is 3.87. The van der Waals surface area contributed by atoms with Gasteiger partial charge in [0, 0.05) is 23.9 Å². The minimum atomic E-state index is -0.241. The zero-order chi connectivity index (χ0) is 16.4. The Bertz CT molecular complexity index is 714. The summed E-state index contributed by atoms with van der Waals surface area (Å²) in [5.41, 5.74) is 0.412. The van der Waals surface area contributed by atoms with Crippen LogP contribution in [-0.4, -0.2) is 34.9 Å². The van der Waals surface area contributed by atoms with E-state index in [1.807, 2.05) is 17.5 Å². The Balaban J connectivity index is 1.82. The van der Waals surface area contributed by atoms with E-state index in [9.17, 15) is 14.7 Å². The van der Waals surface area contributed by atoms with Crippen molar-refractivity contribution in [3.8, 4) is 5.75 Å². The maximum Gasteiger partial charge on any atom is 0.251 e. The molecule has 1 aliphatic rings. The SMILES string of the molecule is CN1C(=O)CC[C@@H](NC(=O)c2cccc(O)c2)[C@H]1c1cccs1. The van der Waals surface area contributed by atoms with E-state index in [1.165, 1.54) is 12.1 Å². The van der Waals surface area contributed by atoms with E-state index in [-0.39, 0.29) is 29.6 Å². The molecule has 23 heavy (non-hydrogen) atoms. The van der Waals surface area contributed by atoms with Gasteiger partial charge in [0.1, 0.15) is 5.75 Å². The van der Waals surface area contributed by atoms with E-state index in [1.54, 1.807) is 35.4 Å². The highest BCUT2D eigenvalue weighted by atomic mass is 32.1. The second kappa shape index (κ2) is 6.42. The number of benzene rings is 1. The van der Waals surface area contributed by atoms with Gasteiger partial charge in [0.2, 0.25) is 5.91 Å². The number of phenolic OH excluding ortho intramolecular Hbond substituents is 1. The second-order valence-electron chi connectivity index (χ2n) is 5.63.